The van der Waals surface area contributed by atoms with Crippen LogP contribution in [0.4, 0.5) is 11.4 Å². The van der Waals surface area contributed by atoms with Gasteiger partial charge in [-0.25, -0.2) is 8.42 Å². The Balaban J connectivity index is 1.60. The van der Waals surface area contributed by atoms with E-state index in [-0.39, 0.29) is 12.1 Å². The van der Waals surface area contributed by atoms with Crippen LogP contribution in [-0.2, 0) is 10.0 Å². The Morgan fingerprint density at radius 2 is 1.79 bits per heavy atom. The number of nitrogens with one attached hydrogen (secondary N) is 2. The maximum atomic E-state index is 11.6. The number of sulfonamides is 1. The molecule has 8 nitrogen and oxygen atoms in total. The summed E-state index contributed by atoms with van der Waals surface area (Å²) in [4.78, 5) is 10.9. The molecule has 0 amide bonds. The van der Waals surface area contributed by atoms with E-state index >= 15 is 0 Å². The predicted molar refractivity (Wildman–Crippen MR) is 136 cm³/mol. The molecule has 0 bridgehead atoms. The number of benzene rings is 1. The van der Waals surface area contributed by atoms with Crippen LogP contribution in [0.3, 0.4) is 0 Å². The van der Waals surface area contributed by atoms with Crippen LogP contribution in [0.1, 0.15) is 23.5 Å². The lowest BCUT2D eigenvalue weighted by Crippen LogP contribution is -2.30. The Hall–Kier alpha value is -3.76. The molecule has 0 unspecified atom stereocenters. The lowest BCUT2D eigenvalue weighted by atomic mass is 10.0. The molecule has 1 aliphatic heterocycles. The highest BCUT2D eigenvalue weighted by molar-refractivity contribution is 7.92. The minimum Gasteiger partial charge on any atom is -0.351 e. The van der Waals surface area contributed by atoms with Crippen molar-refractivity contribution in [2.24, 2.45) is 0 Å². The number of hydrogen-bond acceptors (Lipinski definition) is 5. The van der Waals surface area contributed by atoms with E-state index in [1.807, 2.05) is 65.8 Å². The van der Waals surface area contributed by atoms with Gasteiger partial charge in [0.2, 0.25) is 10.0 Å². The molecular formula is C24H22N6O2S2. The second-order valence-corrected chi connectivity index (χ2v) is 10.1. The minimum atomic E-state index is -3.37. The molecule has 3 aromatic heterocycles. The van der Waals surface area contributed by atoms with Gasteiger partial charge in [-0.1, -0.05) is 6.07 Å². The van der Waals surface area contributed by atoms with E-state index in [1.54, 1.807) is 24.5 Å². The molecular weight excluding hydrogens is 468 g/mol. The van der Waals surface area contributed by atoms with Crippen LogP contribution in [0.25, 0.3) is 5.69 Å². The Labute approximate surface area is 203 Å². The fourth-order valence-corrected chi connectivity index (χ4v) is 5.11. The monoisotopic (exact) mass is 490 g/mol. The van der Waals surface area contributed by atoms with Crippen LogP contribution in [0, 0.1) is 0 Å². The van der Waals surface area contributed by atoms with Crippen LogP contribution in [0.15, 0.2) is 91.5 Å². The molecule has 1 saturated heterocycles. The van der Waals surface area contributed by atoms with Crippen molar-refractivity contribution in [3.63, 3.8) is 0 Å². The van der Waals surface area contributed by atoms with Gasteiger partial charge in [-0.15, -0.1) is 0 Å². The number of pyridine rings is 2. The van der Waals surface area contributed by atoms with Crippen LogP contribution in [0.5, 0.6) is 0 Å². The first-order valence-electron chi connectivity index (χ1n) is 10.6. The van der Waals surface area contributed by atoms with Crippen LogP contribution in [0.2, 0.25) is 0 Å². The summed E-state index contributed by atoms with van der Waals surface area (Å²) in [5.41, 5.74) is 4.13. The lowest BCUT2D eigenvalue weighted by Gasteiger charge is -2.29. The van der Waals surface area contributed by atoms with Crippen molar-refractivity contribution in [2.45, 2.75) is 12.1 Å². The molecule has 5 rings (SSSR count). The van der Waals surface area contributed by atoms with Gasteiger partial charge in [0.25, 0.3) is 0 Å². The smallest absolute Gasteiger partial charge is 0.229 e. The van der Waals surface area contributed by atoms with E-state index in [1.165, 1.54) is 0 Å². The predicted octanol–water partition coefficient (Wildman–Crippen LogP) is 3.82. The van der Waals surface area contributed by atoms with Gasteiger partial charge in [0.15, 0.2) is 5.11 Å². The third kappa shape index (κ3) is 4.37. The van der Waals surface area contributed by atoms with Gasteiger partial charge in [0.05, 0.1) is 29.9 Å². The fraction of sp³-hybridized carbons (Fsp3) is 0.125. The second-order valence-electron chi connectivity index (χ2n) is 7.93. The molecule has 0 spiro atoms. The Bertz CT molecular complexity index is 1410. The van der Waals surface area contributed by atoms with E-state index in [2.05, 4.69) is 30.6 Å². The zero-order valence-electron chi connectivity index (χ0n) is 18.2. The number of hydrogen-bond donors (Lipinski definition) is 2. The summed E-state index contributed by atoms with van der Waals surface area (Å²) in [6, 6.07) is 20.5. The summed E-state index contributed by atoms with van der Waals surface area (Å²) >= 11 is 5.78. The number of anilines is 2. The lowest BCUT2D eigenvalue weighted by molar-refractivity contribution is 0.549. The molecule has 34 heavy (non-hydrogen) atoms. The van der Waals surface area contributed by atoms with E-state index in [9.17, 15) is 8.42 Å². The van der Waals surface area contributed by atoms with E-state index in [4.69, 9.17) is 12.2 Å². The topological polar surface area (TPSA) is 92.2 Å². The third-order valence-electron chi connectivity index (χ3n) is 5.55. The highest BCUT2D eigenvalue weighted by Crippen LogP contribution is 2.42. The standard InChI is InChI=1S/C24H22N6O2S2/c1-34(31,32)28-17-9-11-18(12-10-17)30-23(22(27-24(30)33)20-7-2-3-14-26-20)21-8-5-15-29(21)19-6-4-13-25-16-19/h2-16,22-23,28H,1H3,(H,27,33)/t22-,23-/m1/s1. The molecule has 1 fully saturated rings. The summed E-state index contributed by atoms with van der Waals surface area (Å²) < 4.78 is 27.8. The Morgan fingerprint density at radius 3 is 2.47 bits per heavy atom. The van der Waals surface area contributed by atoms with Gasteiger partial charge in [0, 0.05) is 35.7 Å². The summed E-state index contributed by atoms with van der Waals surface area (Å²) in [6.07, 6.45) is 8.45. The molecule has 0 aliphatic carbocycles. The van der Waals surface area contributed by atoms with Gasteiger partial charge in [-0.3, -0.25) is 14.7 Å². The summed E-state index contributed by atoms with van der Waals surface area (Å²) in [6.45, 7) is 0. The highest BCUT2D eigenvalue weighted by Gasteiger charge is 2.42. The molecule has 172 valence electrons. The molecule has 1 aromatic carbocycles. The molecule has 4 aromatic rings. The quantitative estimate of drug-likeness (QED) is 0.397. The molecule has 0 saturated carbocycles. The van der Waals surface area contributed by atoms with Crippen molar-refractivity contribution in [1.29, 1.82) is 0 Å². The van der Waals surface area contributed by atoms with Gasteiger partial charge in [0.1, 0.15) is 6.04 Å². The SMILES string of the molecule is CS(=O)(=O)Nc1ccc(N2C(=S)N[C@H](c3ccccn3)[C@H]2c2cccn2-c2cccnc2)cc1. The zero-order chi connectivity index (χ0) is 23.7. The van der Waals surface area contributed by atoms with Crippen molar-refractivity contribution in [1.82, 2.24) is 19.9 Å². The van der Waals surface area contributed by atoms with Crippen molar-refractivity contribution < 1.29 is 8.42 Å². The van der Waals surface area contributed by atoms with Crippen LogP contribution < -0.4 is 14.9 Å². The largest absolute Gasteiger partial charge is 0.351 e. The maximum absolute atomic E-state index is 11.6. The summed E-state index contributed by atoms with van der Waals surface area (Å²) in [5, 5.41) is 4.00. The molecule has 1 aliphatic rings. The average molecular weight is 491 g/mol. The first kappa shape index (κ1) is 22.1. The number of rotatable bonds is 6. The van der Waals surface area contributed by atoms with Crippen LogP contribution >= 0.6 is 12.2 Å². The minimum absolute atomic E-state index is 0.201. The fourth-order valence-electron chi connectivity index (χ4n) is 4.20. The first-order valence-corrected chi connectivity index (χ1v) is 12.9. The molecule has 4 heterocycles. The summed E-state index contributed by atoms with van der Waals surface area (Å²) in [7, 11) is -3.37. The van der Waals surface area contributed by atoms with Gasteiger partial charge >= 0.3 is 0 Å². The van der Waals surface area contributed by atoms with Crippen molar-refractivity contribution in [3.8, 4) is 5.69 Å². The average Bonchev–Trinajstić information content (AvgIpc) is 3.44. The Kier molecular flexibility index (Phi) is 5.76. The first-order chi connectivity index (χ1) is 16.4. The number of nitrogens with zero attached hydrogens (tertiary/aromatic N) is 4. The zero-order valence-corrected chi connectivity index (χ0v) is 19.9. The van der Waals surface area contributed by atoms with Gasteiger partial charge in [-0.05, 0) is 72.9 Å². The third-order valence-corrected chi connectivity index (χ3v) is 6.48. The van der Waals surface area contributed by atoms with Gasteiger partial charge in [-0.2, -0.15) is 0 Å². The van der Waals surface area contributed by atoms with Crippen LogP contribution in [-0.4, -0.2) is 34.3 Å². The normalized spacial score (nSPS) is 18.0. The molecule has 2 atom stereocenters. The van der Waals surface area contributed by atoms with E-state index in [0.717, 1.165) is 29.0 Å². The number of aromatic nitrogens is 3. The highest BCUT2D eigenvalue weighted by atomic mass is 32.2. The maximum Gasteiger partial charge on any atom is 0.229 e. The molecule has 2 N–H and O–H groups in total. The summed E-state index contributed by atoms with van der Waals surface area (Å²) in [5.74, 6) is 0. The second kappa shape index (κ2) is 8.88. The Morgan fingerprint density at radius 1 is 0.971 bits per heavy atom. The van der Waals surface area contributed by atoms with E-state index < -0.39 is 10.0 Å². The van der Waals surface area contributed by atoms with Crippen molar-refractivity contribution in [2.75, 3.05) is 15.9 Å². The molecule has 0 radical (unpaired) electrons. The van der Waals surface area contributed by atoms with Crippen molar-refractivity contribution in [3.05, 3.63) is 103 Å². The van der Waals surface area contributed by atoms with E-state index in [0.29, 0.717) is 10.8 Å². The van der Waals surface area contributed by atoms with Crippen molar-refractivity contribution >= 4 is 38.7 Å². The van der Waals surface area contributed by atoms with Gasteiger partial charge < -0.3 is 14.8 Å². The molecule has 10 heteroatoms. The number of thiocarbonyl (C=S) groups is 1.